The molecule has 2 aromatic carbocycles. The van der Waals surface area contributed by atoms with Gasteiger partial charge in [-0.2, -0.15) is 0 Å². The first-order valence-corrected chi connectivity index (χ1v) is 8.63. The number of rotatable bonds is 5. The summed E-state index contributed by atoms with van der Waals surface area (Å²) < 4.78 is 1.03. The van der Waals surface area contributed by atoms with Crippen molar-refractivity contribution in [1.82, 2.24) is 15.0 Å². The third-order valence-electron chi connectivity index (χ3n) is 4.31. The molecule has 1 saturated carbocycles. The Balaban J connectivity index is 1.41. The Labute approximate surface area is 154 Å². The smallest absolute Gasteiger partial charge is 0.278 e. The van der Waals surface area contributed by atoms with Gasteiger partial charge in [0.2, 0.25) is 11.8 Å². The van der Waals surface area contributed by atoms with E-state index >= 15 is 0 Å². The summed E-state index contributed by atoms with van der Waals surface area (Å²) in [5, 5.41) is 13.7. The van der Waals surface area contributed by atoms with Gasteiger partial charge in [-0.05, 0) is 49.2 Å². The molecule has 27 heavy (non-hydrogen) atoms. The molecule has 0 spiro atoms. The van der Waals surface area contributed by atoms with Crippen molar-refractivity contribution in [3.05, 3.63) is 58.9 Å². The Morgan fingerprint density at radius 3 is 2.37 bits per heavy atom. The number of amides is 2. The van der Waals surface area contributed by atoms with E-state index in [-0.39, 0.29) is 23.9 Å². The first kappa shape index (κ1) is 16.9. The lowest BCUT2D eigenvalue weighted by molar-refractivity contribution is -0.118. The highest BCUT2D eigenvalue weighted by molar-refractivity contribution is 5.95. The van der Waals surface area contributed by atoms with Crippen molar-refractivity contribution in [2.24, 2.45) is 5.92 Å². The monoisotopic (exact) mass is 363 g/mol. The largest absolute Gasteiger partial charge is 0.326 e. The highest BCUT2D eigenvalue weighted by atomic mass is 16.2. The molecule has 8 nitrogen and oxygen atoms in total. The summed E-state index contributed by atoms with van der Waals surface area (Å²) in [6.45, 7) is -0.239. The van der Waals surface area contributed by atoms with E-state index in [0.717, 1.165) is 17.5 Å². The Morgan fingerprint density at radius 1 is 1.00 bits per heavy atom. The van der Waals surface area contributed by atoms with Gasteiger partial charge in [-0.25, -0.2) is 4.68 Å². The second kappa shape index (κ2) is 6.99. The van der Waals surface area contributed by atoms with Crippen LogP contribution in [0, 0.1) is 5.92 Å². The second-order valence-corrected chi connectivity index (χ2v) is 6.46. The summed E-state index contributed by atoms with van der Waals surface area (Å²) in [5.74, 6) is -0.233. The fourth-order valence-corrected chi connectivity index (χ4v) is 2.69. The van der Waals surface area contributed by atoms with E-state index in [0.29, 0.717) is 22.3 Å². The molecule has 0 atom stereocenters. The first-order valence-electron chi connectivity index (χ1n) is 8.63. The summed E-state index contributed by atoms with van der Waals surface area (Å²) in [4.78, 5) is 36.3. The van der Waals surface area contributed by atoms with Gasteiger partial charge in [-0.3, -0.25) is 14.4 Å². The molecule has 1 aliphatic rings. The fraction of sp³-hybridized carbons (Fsp3) is 0.211. The normalized spacial score (nSPS) is 13.3. The fourth-order valence-electron chi connectivity index (χ4n) is 2.69. The highest BCUT2D eigenvalue weighted by Gasteiger charge is 2.29. The molecule has 0 saturated heterocycles. The van der Waals surface area contributed by atoms with E-state index in [4.69, 9.17) is 0 Å². The predicted molar refractivity (Wildman–Crippen MR) is 100 cm³/mol. The van der Waals surface area contributed by atoms with Crippen LogP contribution in [0.25, 0.3) is 10.9 Å². The summed E-state index contributed by atoms with van der Waals surface area (Å²) in [6.07, 6.45) is 1.88. The molecule has 0 radical (unpaired) electrons. The molecule has 0 unspecified atom stereocenters. The first-order chi connectivity index (χ1) is 13.1. The third kappa shape index (κ3) is 3.84. The van der Waals surface area contributed by atoms with Gasteiger partial charge in [0, 0.05) is 17.3 Å². The van der Waals surface area contributed by atoms with Crippen molar-refractivity contribution in [3.8, 4) is 0 Å². The van der Waals surface area contributed by atoms with Crippen LogP contribution < -0.4 is 16.2 Å². The maximum absolute atomic E-state index is 12.4. The number of benzene rings is 2. The van der Waals surface area contributed by atoms with Crippen molar-refractivity contribution in [2.75, 3.05) is 10.6 Å². The van der Waals surface area contributed by atoms with E-state index in [1.807, 2.05) is 0 Å². The molecule has 8 heteroatoms. The number of nitrogens with zero attached hydrogens (tertiary/aromatic N) is 3. The summed E-state index contributed by atoms with van der Waals surface area (Å²) >= 11 is 0. The molecule has 2 N–H and O–H groups in total. The number of hydrogen-bond donors (Lipinski definition) is 2. The second-order valence-electron chi connectivity index (χ2n) is 6.46. The summed E-state index contributed by atoms with van der Waals surface area (Å²) in [5.41, 5.74) is 1.37. The van der Waals surface area contributed by atoms with E-state index in [9.17, 15) is 14.4 Å². The molecule has 2 amide bonds. The molecule has 0 bridgehead atoms. The van der Waals surface area contributed by atoms with Crippen molar-refractivity contribution in [1.29, 1.82) is 0 Å². The van der Waals surface area contributed by atoms with Gasteiger partial charge < -0.3 is 10.6 Å². The standard InChI is InChI=1S/C19H17N5O3/c25-17(11-24-19(27)15-3-1-2-4-16(15)22-23-24)20-13-7-9-14(10-8-13)21-18(26)12-5-6-12/h1-4,7-10,12H,5-6,11H2,(H,20,25)(H,21,26). The van der Waals surface area contributed by atoms with Crippen LogP contribution in [0.3, 0.4) is 0 Å². The molecule has 0 aliphatic heterocycles. The van der Waals surface area contributed by atoms with Crippen molar-refractivity contribution < 1.29 is 9.59 Å². The van der Waals surface area contributed by atoms with Gasteiger partial charge in [0.05, 0.1) is 5.39 Å². The number of fused-ring (bicyclic) bond motifs is 1. The zero-order valence-electron chi connectivity index (χ0n) is 14.4. The highest BCUT2D eigenvalue weighted by Crippen LogP contribution is 2.30. The zero-order chi connectivity index (χ0) is 18.8. The van der Waals surface area contributed by atoms with E-state index in [2.05, 4.69) is 20.9 Å². The Hall–Kier alpha value is -3.55. The van der Waals surface area contributed by atoms with Crippen LogP contribution in [-0.4, -0.2) is 26.8 Å². The predicted octanol–water partition coefficient (Wildman–Crippen LogP) is 1.78. The van der Waals surface area contributed by atoms with Crippen LogP contribution in [0.5, 0.6) is 0 Å². The maximum atomic E-state index is 12.4. The lowest BCUT2D eigenvalue weighted by Gasteiger charge is -2.08. The third-order valence-corrected chi connectivity index (χ3v) is 4.31. The Bertz CT molecular complexity index is 1070. The molecule has 4 rings (SSSR count). The summed E-state index contributed by atoms with van der Waals surface area (Å²) in [6, 6.07) is 13.7. The number of carbonyl (C=O) groups excluding carboxylic acids is 2. The van der Waals surface area contributed by atoms with Crippen molar-refractivity contribution >= 4 is 34.1 Å². The van der Waals surface area contributed by atoms with Gasteiger partial charge in [-0.1, -0.05) is 17.3 Å². The number of hydrogen-bond acceptors (Lipinski definition) is 5. The number of anilines is 2. The molecular formula is C19H17N5O3. The van der Waals surface area contributed by atoms with Crippen LogP contribution in [0.1, 0.15) is 12.8 Å². The number of nitrogens with one attached hydrogen (secondary N) is 2. The lowest BCUT2D eigenvalue weighted by Crippen LogP contribution is -2.30. The SMILES string of the molecule is O=C(Cn1nnc2ccccc2c1=O)Nc1ccc(NC(=O)C2CC2)cc1. The molecular weight excluding hydrogens is 346 g/mol. The van der Waals surface area contributed by atoms with Gasteiger partial charge in [-0.15, -0.1) is 5.10 Å². The average Bonchev–Trinajstić information content (AvgIpc) is 3.51. The number of aromatic nitrogens is 3. The zero-order valence-corrected chi connectivity index (χ0v) is 14.4. The van der Waals surface area contributed by atoms with Gasteiger partial charge >= 0.3 is 0 Å². The van der Waals surface area contributed by atoms with Gasteiger partial charge in [0.25, 0.3) is 5.56 Å². The molecule has 136 valence electrons. The van der Waals surface area contributed by atoms with Crippen LogP contribution in [0.2, 0.25) is 0 Å². The van der Waals surface area contributed by atoms with Crippen LogP contribution in [-0.2, 0) is 16.1 Å². The Kier molecular flexibility index (Phi) is 4.37. The van der Waals surface area contributed by atoms with E-state index in [1.165, 1.54) is 0 Å². The molecule has 3 aromatic rings. The number of carbonyl (C=O) groups is 2. The topological polar surface area (TPSA) is 106 Å². The minimum absolute atomic E-state index is 0.0287. The van der Waals surface area contributed by atoms with E-state index < -0.39 is 5.91 Å². The van der Waals surface area contributed by atoms with Crippen LogP contribution in [0.15, 0.2) is 53.3 Å². The Morgan fingerprint density at radius 2 is 1.67 bits per heavy atom. The van der Waals surface area contributed by atoms with Crippen LogP contribution in [0.4, 0.5) is 11.4 Å². The van der Waals surface area contributed by atoms with Crippen molar-refractivity contribution in [3.63, 3.8) is 0 Å². The van der Waals surface area contributed by atoms with Crippen LogP contribution >= 0.6 is 0 Å². The lowest BCUT2D eigenvalue weighted by atomic mass is 10.2. The maximum Gasteiger partial charge on any atom is 0.278 e. The average molecular weight is 363 g/mol. The minimum atomic E-state index is -0.392. The molecule has 1 aromatic heterocycles. The minimum Gasteiger partial charge on any atom is -0.326 e. The van der Waals surface area contributed by atoms with Crippen molar-refractivity contribution in [2.45, 2.75) is 19.4 Å². The summed E-state index contributed by atoms with van der Waals surface area (Å²) in [7, 11) is 0. The molecule has 1 heterocycles. The quantitative estimate of drug-likeness (QED) is 0.719. The van der Waals surface area contributed by atoms with Gasteiger partial charge in [0.1, 0.15) is 12.1 Å². The van der Waals surface area contributed by atoms with Gasteiger partial charge in [0.15, 0.2) is 0 Å². The molecule has 1 fully saturated rings. The van der Waals surface area contributed by atoms with E-state index in [1.54, 1.807) is 48.5 Å². The molecule has 1 aliphatic carbocycles.